The Morgan fingerprint density at radius 2 is 1.95 bits per heavy atom. The number of phenolic OH excluding ortho intramolecular Hbond substituents is 1. The lowest BCUT2D eigenvalue weighted by Crippen LogP contribution is -2.47. The van der Waals surface area contributed by atoms with Crippen LogP contribution in [0.4, 0.5) is 13.2 Å². The number of benzene rings is 1. The monoisotopic (exact) mass is 305 g/mol. The molecule has 0 aliphatic carbocycles. The number of carbonyl (C=O) groups excluding carboxylic acids is 2. The van der Waals surface area contributed by atoms with Crippen molar-refractivity contribution < 1.29 is 37.8 Å². The van der Waals surface area contributed by atoms with Crippen molar-refractivity contribution in [1.82, 2.24) is 5.32 Å². The molecule has 6 nitrogen and oxygen atoms in total. The molecule has 0 unspecified atom stereocenters. The normalized spacial score (nSPS) is 12.5. The van der Waals surface area contributed by atoms with Crippen LogP contribution >= 0.6 is 0 Å². The molecule has 0 fully saturated rings. The lowest BCUT2D eigenvalue weighted by molar-refractivity contribution is -0.175. The van der Waals surface area contributed by atoms with Gasteiger partial charge in [-0.2, -0.15) is 13.2 Å². The van der Waals surface area contributed by atoms with Gasteiger partial charge in [0.25, 0.3) is 0 Å². The van der Waals surface area contributed by atoms with Crippen molar-refractivity contribution >= 4 is 18.2 Å². The van der Waals surface area contributed by atoms with E-state index in [0.29, 0.717) is 6.29 Å². The van der Waals surface area contributed by atoms with Crippen molar-refractivity contribution in [2.24, 2.45) is 0 Å². The quantitative estimate of drug-likeness (QED) is 0.701. The Kier molecular flexibility index (Phi) is 4.90. The van der Waals surface area contributed by atoms with Gasteiger partial charge in [0.05, 0.1) is 5.56 Å². The van der Waals surface area contributed by atoms with Crippen LogP contribution in [0.25, 0.3) is 0 Å². The molecule has 9 heteroatoms. The van der Waals surface area contributed by atoms with E-state index in [4.69, 9.17) is 5.11 Å². The molecule has 0 heterocycles. The third-order valence-electron chi connectivity index (χ3n) is 2.52. The van der Waals surface area contributed by atoms with E-state index in [2.05, 4.69) is 0 Å². The summed E-state index contributed by atoms with van der Waals surface area (Å²) in [6.07, 6.45) is -5.36. The molecule has 114 valence electrons. The van der Waals surface area contributed by atoms with Crippen LogP contribution in [-0.2, 0) is 16.0 Å². The highest BCUT2D eigenvalue weighted by Crippen LogP contribution is 2.18. The summed E-state index contributed by atoms with van der Waals surface area (Å²) in [4.78, 5) is 32.3. The van der Waals surface area contributed by atoms with Crippen LogP contribution in [0.15, 0.2) is 18.2 Å². The number of amides is 1. The second kappa shape index (κ2) is 6.25. The maximum atomic E-state index is 12.1. The predicted octanol–water partition coefficient (Wildman–Crippen LogP) is 0.879. The van der Waals surface area contributed by atoms with Gasteiger partial charge in [-0.25, -0.2) is 4.79 Å². The van der Waals surface area contributed by atoms with Crippen molar-refractivity contribution in [3.05, 3.63) is 29.3 Å². The van der Waals surface area contributed by atoms with E-state index in [1.807, 2.05) is 0 Å². The van der Waals surface area contributed by atoms with E-state index in [-0.39, 0.29) is 16.9 Å². The molecule has 0 bridgehead atoms. The molecule has 0 aliphatic heterocycles. The van der Waals surface area contributed by atoms with E-state index < -0.39 is 30.5 Å². The number of carboxylic acids is 1. The Morgan fingerprint density at radius 1 is 1.33 bits per heavy atom. The maximum absolute atomic E-state index is 12.1. The lowest BCUT2D eigenvalue weighted by Gasteiger charge is -2.16. The van der Waals surface area contributed by atoms with Gasteiger partial charge in [0.2, 0.25) is 0 Å². The van der Waals surface area contributed by atoms with Crippen LogP contribution in [0.2, 0.25) is 0 Å². The molecule has 0 aliphatic rings. The number of hydrogen-bond acceptors (Lipinski definition) is 4. The first-order valence-electron chi connectivity index (χ1n) is 5.52. The highest BCUT2D eigenvalue weighted by molar-refractivity contribution is 5.87. The zero-order chi connectivity index (χ0) is 16.2. The van der Waals surface area contributed by atoms with E-state index in [1.54, 1.807) is 0 Å². The molecule has 1 rings (SSSR count). The van der Waals surface area contributed by atoms with E-state index in [0.717, 1.165) is 12.1 Å². The topological polar surface area (TPSA) is 104 Å². The van der Waals surface area contributed by atoms with Gasteiger partial charge in [-0.15, -0.1) is 0 Å². The SMILES string of the molecule is O=Cc1cc(C[C@H](NC(=O)C(F)(F)F)C(=O)O)ccc1O. The number of halogens is 3. The number of carboxylic acid groups (broad SMARTS) is 1. The minimum absolute atomic E-state index is 0.140. The molecule has 0 spiro atoms. The number of carbonyl (C=O) groups is 3. The summed E-state index contributed by atoms with van der Waals surface area (Å²) in [6, 6.07) is 1.64. The summed E-state index contributed by atoms with van der Waals surface area (Å²) in [6.45, 7) is 0. The van der Waals surface area contributed by atoms with Gasteiger partial charge >= 0.3 is 18.1 Å². The molecule has 1 atom stereocenters. The van der Waals surface area contributed by atoms with Gasteiger partial charge in [-0.05, 0) is 17.7 Å². The van der Waals surface area contributed by atoms with Crippen LogP contribution in [0.3, 0.4) is 0 Å². The summed E-state index contributed by atoms with van der Waals surface area (Å²) in [5, 5.41) is 19.4. The molecule has 1 aromatic rings. The van der Waals surface area contributed by atoms with Crippen molar-refractivity contribution in [3.8, 4) is 5.75 Å². The fourth-order valence-corrected chi connectivity index (χ4v) is 1.50. The number of hydrogen-bond donors (Lipinski definition) is 3. The fourth-order valence-electron chi connectivity index (χ4n) is 1.50. The van der Waals surface area contributed by atoms with E-state index in [1.165, 1.54) is 11.4 Å². The zero-order valence-corrected chi connectivity index (χ0v) is 10.3. The standard InChI is InChI=1S/C12H10F3NO5/c13-12(14,15)11(21)16-8(10(19)20)4-6-1-2-9(18)7(3-6)5-17/h1-3,5,8,18H,4H2,(H,16,21)(H,19,20)/t8-/m0/s1. The van der Waals surface area contributed by atoms with Crippen molar-refractivity contribution in [1.29, 1.82) is 0 Å². The highest BCUT2D eigenvalue weighted by atomic mass is 19.4. The van der Waals surface area contributed by atoms with Gasteiger partial charge in [0.15, 0.2) is 6.29 Å². The Morgan fingerprint density at radius 3 is 2.43 bits per heavy atom. The van der Waals surface area contributed by atoms with Gasteiger partial charge in [-0.3, -0.25) is 9.59 Å². The number of nitrogens with one attached hydrogen (secondary N) is 1. The summed E-state index contributed by atoms with van der Waals surface area (Å²) < 4.78 is 36.3. The molecule has 0 radical (unpaired) electrons. The number of rotatable bonds is 5. The summed E-state index contributed by atoms with van der Waals surface area (Å²) in [7, 11) is 0. The van der Waals surface area contributed by atoms with Crippen molar-refractivity contribution in [2.75, 3.05) is 0 Å². The second-order valence-corrected chi connectivity index (χ2v) is 4.08. The fraction of sp³-hybridized carbons (Fsp3) is 0.250. The third kappa shape index (κ3) is 4.48. The average molecular weight is 305 g/mol. The molecular formula is C12H10F3NO5. The van der Waals surface area contributed by atoms with E-state index in [9.17, 15) is 32.7 Å². The van der Waals surface area contributed by atoms with Crippen molar-refractivity contribution in [3.63, 3.8) is 0 Å². The number of aldehydes is 1. The zero-order valence-electron chi connectivity index (χ0n) is 10.3. The van der Waals surface area contributed by atoms with Crippen molar-refractivity contribution in [2.45, 2.75) is 18.6 Å². The van der Waals surface area contributed by atoms with E-state index >= 15 is 0 Å². The molecule has 21 heavy (non-hydrogen) atoms. The number of alkyl halides is 3. The Labute approximate surface area is 116 Å². The summed E-state index contributed by atoms with van der Waals surface area (Å²) in [5.74, 6) is -4.38. The second-order valence-electron chi connectivity index (χ2n) is 4.08. The Hall–Kier alpha value is -2.58. The van der Waals surface area contributed by atoms with Gasteiger partial charge in [0.1, 0.15) is 11.8 Å². The molecule has 0 aromatic heterocycles. The van der Waals surface area contributed by atoms with Gasteiger partial charge in [-0.1, -0.05) is 6.07 Å². The smallest absolute Gasteiger partial charge is 0.471 e. The highest BCUT2D eigenvalue weighted by Gasteiger charge is 2.40. The molecule has 0 saturated heterocycles. The number of phenols is 1. The maximum Gasteiger partial charge on any atom is 0.471 e. The van der Waals surface area contributed by atoms with Crippen LogP contribution in [0, 0.1) is 0 Å². The molecular weight excluding hydrogens is 295 g/mol. The first kappa shape index (κ1) is 16.5. The van der Waals surface area contributed by atoms with Crippen LogP contribution in [0.1, 0.15) is 15.9 Å². The largest absolute Gasteiger partial charge is 0.507 e. The lowest BCUT2D eigenvalue weighted by atomic mass is 10.0. The van der Waals surface area contributed by atoms with Crippen LogP contribution in [0.5, 0.6) is 5.75 Å². The first-order chi connectivity index (χ1) is 9.65. The Balaban J connectivity index is 2.92. The molecule has 1 amide bonds. The molecule has 0 saturated carbocycles. The first-order valence-corrected chi connectivity index (χ1v) is 5.52. The molecule has 3 N–H and O–H groups in total. The van der Waals surface area contributed by atoms with Gasteiger partial charge in [0, 0.05) is 6.42 Å². The van der Waals surface area contributed by atoms with Gasteiger partial charge < -0.3 is 15.5 Å². The van der Waals surface area contributed by atoms with Crippen LogP contribution in [-0.4, -0.2) is 40.6 Å². The Bertz CT molecular complexity index is 571. The number of aromatic hydroxyl groups is 1. The predicted molar refractivity (Wildman–Crippen MR) is 62.8 cm³/mol. The summed E-state index contributed by atoms with van der Waals surface area (Å²) in [5.41, 5.74) is 0.0311. The third-order valence-corrected chi connectivity index (χ3v) is 2.52. The number of aliphatic carboxylic acids is 1. The molecule has 1 aromatic carbocycles. The summed E-state index contributed by atoms with van der Waals surface area (Å²) >= 11 is 0. The minimum Gasteiger partial charge on any atom is -0.507 e. The van der Waals surface area contributed by atoms with Crippen LogP contribution < -0.4 is 5.32 Å². The average Bonchev–Trinajstić information content (AvgIpc) is 2.38. The minimum atomic E-state index is -5.20.